The van der Waals surface area contributed by atoms with Crippen molar-refractivity contribution in [1.82, 2.24) is 9.21 Å². The van der Waals surface area contributed by atoms with Crippen LogP contribution in [0.2, 0.25) is 0 Å². The van der Waals surface area contributed by atoms with Crippen LogP contribution in [-0.4, -0.2) is 68.3 Å². The monoisotopic (exact) mass is 387 g/mol. The molecule has 10 heteroatoms. The summed E-state index contributed by atoms with van der Waals surface area (Å²) >= 11 is 1.45. The maximum atomic E-state index is 12.5. The molecule has 1 N–H and O–H groups in total. The fraction of sp³-hybridized carbons (Fsp3) is 0.467. The first-order chi connectivity index (χ1) is 11.8. The predicted octanol–water partition coefficient (Wildman–Crippen LogP) is 0.807. The third-order valence-electron chi connectivity index (χ3n) is 3.45. The van der Waals surface area contributed by atoms with Crippen LogP contribution in [-0.2, 0) is 19.6 Å². The molecule has 0 aliphatic carbocycles. The van der Waals surface area contributed by atoms with Crippen LogP contribution in [0.1, 0.15) is 6.92 Å². The lowest BCUT2D eigenvalue weighted by molar-refractivity contribution is -0.130. The smallest absolute Gasteiger partial charge is 0.246 e. The second kappa shape index (κ2) is 8.07. The number of amides is 2. The summed E-state index contributed by atoms with van der Waals surface area (Å²) in [6, 6.07) is 4.43. The minimum Gasteiger partial charge on any atom is -0.492 e. The number of hydrogen-bond acceptors (Lipinski definition) is 6. The maximum absolute atomic E-state index is 12.5. The van der Waals surface area contributed by atoms with E-state index >= 15 is 0 Å². The van der Waals surface area contributed by atoms with Crippen LogP contribution in [0.15, 0.2) is 23.1 Å². The highest BCUT2D eigenvalue weighted by Gasteiger charge is 2.25. The fourth-order valence-electron chi connectivity index (χ4n) is 2.17. The van der Waals surface area contributed by atoms with E-state index in [1.807, 2.05) is 0 Å². The van der Waals surface area contributed by atoms with Gasteiger partial charge in [-0.05, 0) is 25.1 Å². The van der Waals surface area contributed by atoms with Gasteiger partial charge in [-0.2, -0.15) is 0 Å². The van der Waals surface area contributed by atoms with Crippen molar-refractivity contribution >= 4 is 39.3 Å². The largest absolute Gasteiger partial charge is 0.492 e. The summed E-state index contributed by atoms with van der Waals surface area (Å²) in [7, 11) is -0.883. The Balaban J connectivity index is 2.21. The van der Waals surface area contributed by atoms with E-state index in [4.69, 9.17) is 4.74 Å². The molecule has 1 heterocycles. The van der Waals surface area contributed by atoms with Crippen molar-refractivity contribution in [2.75, 3.05) is 44.2 Å². The van der Waals surface area contributed by atoms with Gasteiger partial charge in [-0.15, -0.1) is 11.8 Å². The van der Waals surface area contributed by atoms with Crippen LogP contribution in [0.25, 0.3) is 0 Å². The number of benzene rings is 1. The van der Waals surface area contributed by atoms with Gasteiger partial charge >= 0.3 is 0 Å². The van der Waals surface area contributed by atoms with E-state index < -0.39 is 10.0 Å². The number of ether oxygens (including phenoxy) is 1. The first-order valence-corrected chi connectivity index (χ1v) is 10.2. The van der Waals surface area contributed by atoms with Gasteiger partial charge in [0.15, 0.2) is 0 Å². The van der Waals surface area contributed by atoms with Gasteiger partial charge in [0.1, 0.15) is 17.2 Å². The Morgan fingerprint density at radius 3 is 2.68 bits per heavy atom. The normalized spacial score (nSPS) is 14.9. The predicted molar refractivity (Wildman–Crippen MR) is 96.2 cm³/mol. The standard InChI is InChI=1S/C15H21N3O5S2/c1-4-23-12-6-5-11(7-13(12)25(21,22)17(2)3)16-14(19)8-18-10-24-9-15(18)20/h5-7H,4,8-10H2,1-3H3,(H,16,19). The molecule has 138 valence electrons. The highest BCUT2D eigenvalue weighted by molar-refractivity contribution is 8.00. The van der Waals surface area contributed by atoms with Crippen molar-refractivity contribution in [3.8, 4) is 5.75 Å². The summed E-state index contributed by atoms with van der Waals surface area (Å²) in [6.45, 7) is 2.01. The van der Waals surface area contributed by atoms with Crippen molar-refractivity contribution in [1.29, 1.82) is 0 Å². The molecule has 1 fully saturated rings. The molecule has 2 amide bonds. The Morgan fingerprint density at radius 2 is 2.12 bits per heavy atom. The van der Waals surface area contributed by atoms with E-state index in [9.17, 15) is 18.0 Å². The first kappa shape index (κ1) is 19.5. The fourth-order valence-corrected chi connectivity index (χ4v) is 4.13. The van der Waals surface area contributed by atoms with Crippen molar-refractivity contribution in [3.63, 3.8) is 0 Å². The third-order valence-corrected chi connectivity index (χ3v) is 6.23. The SMILES string of the molecule is CCOc1ccc(NC(=O)CN2CSCC2=O)cc1S(=O)(=O)N(C)C. The van der Waals surface area contributed by atoms with E-state index in [-0.39, 0.29) is 29.0 Å². The molecule has 1 aromatic rings. The lowest BCUT2D eigenvalue weighted by atomic mass is 10.3. The summed E-state index contributed by atoms with van der Waals surface area (Å²) in [6.07, 6.45) is 0. The molecule has 0 saturated carbocycles. The van der Waals surface area contributed by atoms with Gasteiger partial charge in [0.2, 0.25) is 21.8 Å². The summed E-state index contributed by atoms with van der Waals surface area (Å²) < 4.78 is 31.4. The number of nitrogens with zero attached hydrogens (tertiary/aromatic N) is 2. The van der Waals surface area contributed by atoms with Gasteiger partial charge in [-0.3, -0.25) is 9.59 Å². The molecule has 25 heavy (non-hydrogen) atoms. The van der Waals surface area contributed by atoms with E-state index in [1.165, 1.54) is 42.9 Å². The average molecular weight is 387 g/mol. The zero-order valence-corrected chi connectivity index (χ0v) is 15.9. The third kappa shape index (κ3) is 4.65. The second-order valence-corrected chi connectivity index (χ2v) is 8.57. The number of thioether (sulfide) groups is 1. The number of sulfonamides is 1. The molecule has 2 rings (SSSR count). The minimum atomic E-state index is -3.73. The van der Waals surface area contributed by atoms with Gasteiger partial charge in [0.25, 0.3) is 0 Å². The number of rotatable bonds is 7. The Kier molecular flexibility index (Phi) is 6.31. The van der Waals surface area contributed by atoms with Crippen LogP contribution >= 0.6 is 11.8 Å². The molecule has 0 aromatic heterocycles. The van der Waals surface area contributed by atoms with Gasteiger partial charge in [0, 0.05) is 19.8 Å². The van der Waals surface area contributed by atoms with Crippen LogP contribution in [0.5, 0.6) is 5.75 Å². The Bertz CT molecular complexity index is 764. The van der Waals surface area contributed by atoms with Crippen molar-refractivity contribution < 1.29 is 22.7 Å². The molecule has 8 nitrogen and oxygen atoms in total. The quantitative estimate of drug-likeness (QED) is 0.744. The molecular formula is C15H21N3O5S2. The number of nitrogens with one attached hydrogen (secondary N) is 1. The summed E-state index contributed by atoms with van der Waals surface area (Å²) in [4.78, 5) is 25.1. The summed E-state index contributed by atoms with van der Waals surface area (Å²) in [5.41, 5.74) is 0.327. The second-order valence-electron chi connectivity index (χ2n) is 5.50. The van der Waals surface area contributed by atoms with Gasteiger partial charge in [-0.1, -0.05) is 0 Å². The van der Waals surface area contributed by atoms with E-state index in [0.29, 0.717) is 23.9 Å². The van der Waals surface area contributed by atoms with Gasteiger partial charge < -0.3 is 15.0 Å². The number of carbonyl (C=O) groups excluding carboxylic acids is 2. The van der Waals surface area contributed by atoms with E-state index in [0.717, 1.165) is 4.31 Å². The number of anilines is 1. The average Bonchev–Trinajstić information content (AvgIpc) is 2.93. The molecule has 0 radical (unpaired) electrons. The zero-order valence-electron chi connectivity index (χ0n) is 14.3. The van der Waals surface area contributed by atoms with Gasteiger partial charge in [-0.25, -0.2) is 12.7 Å². The summed E-state index contributed by atoms with van der Waals surface area (Å²) in [5.74, 6) is 0.619. The van der Waals surface area contributed by atoms with Gasteiger partial charge in [0.05, 0.1) is 18.2 Å². The van der Waals surface area contributed by atoms with Crippen LogP contribution < -0.4 is 10.1 Å². The molecule has 1 saturated heterocycles. The molecule has 0 bridgehead atoms. The Hall–Kier alpha value is -1.78. The lowest BCUT2D eigenvalue weighted by Gasteiger charge is -2.17. The van der Waals surface area contributed by atoms with E-state index in [2.05, 4.69) is 5.32 Å². The van der Waals surface area contributed by atoms with Crippen molar-refractivity contribution in [3.05, 3.63) is 18.2 Å². The lowest BCUT2D eigenvalue weighted by Crippen LogP contribution is -2.34. The molecule has 0 atom stereocenters. The molecule has 1 aliphatic rings. The van der Waals surface area contributed by atoms with Crippen LogP contribution in [0.3, 0.4) is 0 Å². The molecule has 0 unspecified atom stereocenters. The Morgan fingerprint density at radius 1 is 1.40 bits per heavy atom. The first-order valence-electron chi connectivity index (χ1n) is 7.60. The molecular weight excluding hydrogens is 366 g/mol. The van der Waals surface area contributed by atoms with E-state index in [1.54, 1.807) is 13.0 Å². The zero-order chi connectivity index (χ0) is 18.6. The van der Waals surface area contributed by atoms with Crippen LogP contribution in [0.4, 0.5) is 5.69 Å². The number of carbonyl (C=O) groups is 2. The van der Waals surface area contributed by atoms with Crippen molar-refractivity contribution in [2.45, 2.75) is 11.8 Å². The Labute approximate surface area is 151 Å². The number of hydrogen-bond donors (Lipinski definition) is 1. The topological polar surface area (TPSA) is 96.0 Å². The highest BCUT2D eigenvalue weighted by atomic mass is 32.2. The molecule has 1 aliphatic heterocycles. The van der Waals surface area contributed by atoms with Crippen LogP contribution in [0, 0.1) is 0 Å². The van der Waals surface area contributed by atoms with Crippen molar-refractivity contribution in [2.24, 2.45) is 0 Å². The maximum Gasteiger partial charge on any atom is 0.246 e. The molecule has 1 aromatic carbocycles. The minimum absolute atomic E-state index is 0.0232. The summed E-state index contributed by atoms with van der Waals surface area (Å²) in [5, 5.41) is 2.63. The molecule has 0 spiro atoms. The highest BCUT2D eigenvalue weighted by Crippen LogP contribution is 2.29.